The maximum Gasteiger partial charge on any atom is 0.118 e. The molecule has 0 saturated heterocycles. The maximum absolute atomic E-state index is 11.7. The molecular formula is C28H24O. The van der Waals surface area contributed by atoms with E-state index in [9.17, 15) is 5.11 Å². The molecule has 0 fully saturated rings. The van der Waals surface area contributed by atoms with Gasteiger partial charge in [-0.3, -0.25) is 0 Å². The van der Waals surface area contributed by atoms with Gasteiger partial charge >= 0.3 is 0 Å². The van der Waals surface area contributed by atoms with Crippen LogP contribution in [0.2, 0.25) is 0 Å². The molecule has 0 aromatic heterocycles. The second-order valence-electron chi connectivity index (χ2n) is 7.19. The first-order chi connectivity index (χ1) is 14.3. The summed E-state index contributed by atoms with van der Waals surface area (Å²) in [4.78, 5) is 0. The van der Waals surface area contributed by atoms with Gasteiger partial charge in [0.2, 0.25) is 0 Å². The molecule has 142 valence electrons. The van der Waals surface area contributed by atoms with Crippen LogP contribution in [-0.4, -0.2) is 5.11 Å². The van der Waals surface area contributed by atoms with Crippen molar-refractivity contribution < 1.29 is 5.11 Å². The minimum atomic E-state index is -1.08. The molecule has 4 aromatic carbocycles. The SMILES string of the molecule is OC(C/C=C/c1ccccc1)(c1ccccc1)c1ccc(-c2ccccc2)cc1. The summed E-state index contributed by atoms with van der Waals surface area (Å²) in [5.41, 5.74) is 4.14. The average molecular weight is 376 g/mol. The lowest BCUT2D eigenvalue weighted by molar-refractivity contribution is 0.0843. The highest BCUT2D eigenvalue weighted by molar-refractivity contribution is 5.64. The Bertz CT molecular complexity index is 1050. The lowest BCUT2D eigenvalue weighted by atomic mass is 9.83. The Balaban J connectivity index is 1.66. The monoisotopic (exact) mass is 376 g/mol. The molecule has 0 heterocycles. The molecule has 0 amide bonds. The molecule has 0 aliphatic carbocycles. The summed E-state index contributed by atoms with van der Waals surface area (Å²) >= 11 is 0. The Morgan fingerprint density at radius 1 is 0.552 bits per heavy atom. The second-order valence-corrected chi connectivity index (χ2v) is 7.19. The van der Waals surface area contributed by atoms with Gasteiger partial charge in [-0.15, -0.1) is 0 Å². The molecule has 1 N–H and O–H groups in total. The van der Waals surface area contributed by atoms with Gasteiger partial charge in [0.05, 0.1) is 0 Å². The van der Waals surface area contributed by atoms with E-state index < -0.39 is 5.60 Å². The zero-order valence-corrected chi connectivity index (χ0v) is 16.3. The van der Waals surface area contributed by atoms with Crippen molar-refractivity contribution in [1.29, 1.82) is 0 Å². The first-order valence-electron chi connectivity index (χ1n) is 9.91. The van der Waals surface area contributed by atoms with Crippen molar-refractivity contribution in [2.75, 3.05) is 0 Å². The van der Waals surface area contributed by atoms with Gasteiger partial charge < -0.3 is 5.11 Å². The Hall–Kier alpha value is -3.42. The number of hydrogen-bond donors (Lipinski definition) is 1. The normalized spacial score (nSPS) is 13.3. The zero-order valence-electron chi connectivity index (χ0n) is 16.3. The summed E-state index contributed by atoms with van der Waals surface area (Å²) in [6.07, 6.45) is 4.61. The van der Waals surface area contributed by atoms with E-state index in [4.69, 9.17) is 0 Å². The van der Waals surface area contributed by atoms with Gasteiger partial charge in [0, 0.05) is 6.42 Å². The molecule has 4 rings (SSSR count). The summed E-state index contributed by atoms with van der Waals surface area (Å²) < 4.78 is 0. The first kappa shape index (κ1) is 18.9. The standard InChI is InChI=1S/C28H24O/c29-28(26-16-8-3-9-17-26,22-10-13-23-11-4-1-5-12-23)27-20-18-25(19-21-27)24-14-6-2-7-15-24/h1-21,29H,22H2/b13-10+. The Morgan fingerprint density at radius 2 is 1.03 bits per heavy atom. The van der Waals surface area contributed by atoms with Crippen molar-refractivity contribution in [2.45, 2.75) is 12.0 Å². The van der Waals surface area contributed by atoms with Gasteiger partial charge in [0.1, 0.15) is 5.60 Å². The maximum atomic E-state index is 11.7. The highest BCUT2D eigenvalue weighted by Gasteiger charge is 2.30. The molecule has 0 aliphatic heterocycles. The fraction of sp³-hybridized carbons (Fsp3) is 0.0714. The molecule has 0 aliphatic rings. The van der Waals surface area contributed by atoms with Crippen molar-refractivity contribution in [2.24, 2.45) is 0 Å². The highest BCUT2D eigenvalue weighted by Crippen LogP contribution is 2.34. The van der Waals surface area contributed by atoms with Gasteiger partial charge in [0.25, 0.3) is 0 Å². The molecule has 0 saturated carbocycles. The Labute approximate surface area is 172 Å². The van der Waals surface area contributed by atoms with Crippen molar-refractivity contribution in [3.05, 3.63) is 138 Å². The Kier molecular flexibility index (Phi) is 5.69. The van der Waals surface area contributed by atoms with Crippen LogP contribution in [0.3, 0.4) is 0 Å². The van der Waals surface area contributed by atoms with E-state index in [-0.39, 0.29) is 0 Å². The first-order valence-corrected chi connectivity index (χ1v) is 9.91. The molecule has 1 unspecified atom stereocenters. The minimum absolute atomic E-state index is 0.497. The highest BCUT2D eigenvalue weighted by atomic mass is 16.3. The lowest BCUT2D eigenvalue weighted by Gasteiger charge is -2.28. The molecule has 0 radical (unpaired) electrons. The fourth-order valence-corrected chi connectivity index (χ4v) is 3.61. The van der Waals surface area contributed by atoms with Crippen LogP contribution in [0.5, 0.6) is 0 Å². The summed E-state index contributed by atoms with van der Waals surface area (Å²) in [5, 5.41) is 11.7. The quantitative estimate of drug-likeness (QED) is 0.397. The summed E-state index contributed by atoms with van der Waals surface area (Å²) in [6.45, 7) is 0. The number of rotatable bonds is 6. The van der Waals surface area contributed by atoms with Crippen LogP contribution >= 0.6 is 0 Å². The van der Waals surface area contributed by atoms with Crippen LogP contribution in [0.4, 0.5) is 0 Å². The third-order valence-corrected chi connectivity index (χ3v) is 5.24. The summed E-state index contributed by atoms with van der Waals surface area (Å²) in [6, 6.07) is 38.6. The molecule has 0 bridgehead atoms. The van der Waals surface area contributed by atoms with Crippen molar-refractivity contribution >= 4 is 6.08 Å². The fourth-order valence-electron chi connectivity index (χ4n) is 3.61. The summed E-state index contributed by atoms with van der Waals surface area (Å²) in [7, 11) is 0. The van der Waals surface area contributed by atoms with Gasteiger partial charge in [-0.05, 0) is 27.8 Å². The minimum Gasteiger partial charge on any atom is -0.380 e. The zero-order chi connectivity index (χ0) is 19.9. The van der Waals surface area contributed by atoms with Gasteiger partial charge in [-0.25, -0.2) is 0 Å². The molecular weight excluding hydrogens is 352 g/mol. The molecule has 29 heavy (non-hydrogen) atoms. The number of aliphatic hydroxyl groups is 1. The topological polar surface area (TPSA) is 20.2 Å². The third kappa shape index (κ3) is 4.37. The average Bonchev–Trinajstić information content (AvgIpc) is 2.81. The van der Waals surface area contributed by atoms with Gasteiger partial charge in [-0.1, -0.05) is 127 Å². The lowest BCUT2D eigenvalue weighted by Crippen LogP contribution is -2.26. The van der Waals surface area contributed by atoms with Crippen molar-refractivity contribution in [3.8, 4) is 11.1 Å². The van der Waals surface area contributed by atoms with Crippen LogP contribution < -0.4 is 0 Å². The predicted molar refractivity (Wildman–Crippen MR) is 121 cm³/mol. The van der Waals surface area contributed by atoms with Gasteiger partial charge in [-0.2, -0.15) is 0 Å². The van der Waals surface area contributed by atoms with E-state index in [0.29, 0.717) is 6.42 Å². The third-order valence-electron chi connectivity index (χ3n) is 5.24. The Morgan fingerprint density at radius 3 is 1.66 bits per heavy atom. The van der Waals surface area contributed by atoms with E-state index >= 15 is 0 Å². The van der Waals surface area contributed by atoms with Gasteiger partial charge in [0.15, 0.2) is 0 Å². The molecule has 1 heteroatoms. The molecule has 0 spiro atoms. The van der Waals surface area contributed by atoms with Crippen LogP contribution in [0, 0.1) is 0 Å². The smallest absolute Gasteiger partial charge is 0.118 e. The predicted octanol–water partition coefficient (Wildman–Crippen LogP) is 6.69. The molecule has 1 nitrogen and oxygen atoms in total. The molecule has 1 atom stereocenters. The summed E-state index contributed by atoms with van der Waals surface area (Å²) in [5.74, 6) is 0. The van der Waals surface area contributed by atoms with Crippen LogP contribution in [0.1, 0.15) is 23.1 Å². The molecule has 4 aromatic rings. The van der Waals surface area contributed by atoms with E-state index in [1.807, 2.05) is 84.9 Å². The second kappa shape index (κ2) is 8.72. The van der Waals surface area contributed by atoms with Crippen LogP contribution in [-0.2, 0) is 5.60 Å². The van der Waals surface area contributed by atoms with Crippen molar-refractivity contribution in [3.63, 3.8) is 0 Å². The number of hydrogen-bond acceptors (Lipinski definition) is 1. The van der Waals surface area contributed by atoms with Crippen LogP contribution in [0.15, 0.2) is 121 Å². The van der Waals surface area contributed by atoms with E-state index in [2.05, 4.69) is 42.5 Å². The largest absolute Gasteiger partial charge is 0.380 e. The van der Waals surface area contributed by atoms with E-state index in [1.165, 1.54) is 5.56 Å². The van der Waals surface area contributed by atoms with E-state index in [0.717, 1.165) is 22.3 Å². The van der Waals surface area contributed by atoms with Crippen molar-refractivity contribution in [1.82, 2.24) is 0 Å². The van der Waals surface area contributed by atoms with E-state index in [1.54, 1.807) is 0 Å². The number of benzene rings is 4. The van der Waals surface area contributed by atoms with Crippen LogP contribution in [0.25, 0.3) is 17.2 Å².